The molecule has 1 aliphatic rings. The van der Waals surface area contributed by atoms with E-state index in [9.17, 15) is 9.59 Å². The summed E-state index contributed by atoms with van der Waals surface area (Å²) in [6, 6.07) is 8.56. The molecule has 0 saturated heterocycles. The van der Waals surface area contributed by atoms with Crippen molar-refractivity contribution >= 4 is 29.0 Å². The van der Waals surface area contributed by atoms with Gasteiger partial charge in [0.15, 0.2) is 0 Å². The van der Waals surface area contributed by atoms with Crippen molar-refractivity contribution in [1.82, 2.24) is 10.2 Å². The molecule has 0 radical (unpaired) electrons. The van der Waals surface area contributed by atoms with Crippen molar-refractivity contribution in [1.29, 1.82) is 0 Å². The predicted octanol–water partition coefficient (Wildman–Crippen LogP) is 3.09. The van der Waals surface area contributed by atoms with Gasteiger partial charge >= 0.3 is 6.03 Å². The Hall–Kier alpha value is -2.18. The highest BCUT2D eigenvalue weighted by molar-refractivity contribution is 7.10. The number of benzene rings is 1. The lowest BCUT2D eigenvalue weighted by Crippen LogP contribution is -2.35. The van der Waals surface area contributed by atoms with Crippen LogP contribution in [-0.4, -0.2) is 29.9 Å². The average molecular weight is 329 g/mol. The summed E-state index contributed by atoms with van der Waals surface area (Å²) in [6.45, 7) is 5.00. The van der Waals surface area contributed by atoms with Crippen LogP contribution in [0.25, 0.3) is 0 Å². The maximum atomic E-state index is 12.4. The van der Waals surface area contributed by atoms with Crippen LogP contribution in [0.5, 0.6) is 0 Å². The van der Waals surface area contributed by atoms with Crippen molar-refractivity contribution in [2.24, 2.45) is 0 Å². The Kier molecular flexibility index (Phi) is 4.73. The third kappa shape index (κ3) is 3.60. The molecule has 2 heterocycles. The van der Waals surface area contributed by atoms with Crippen LogP contribution in [0.15, 0.2) is 35.7 Å². The molecule has 5 nitrogen and oxygen atoms in total. The second-order valence-corrected chi connectivity index (χ2v) is 6.41. The van der Waals surface area contributed by atoms with E-state index in [-0.39, 0.29) is 5.91 Å². The van der Waals surface area contributed by atoms with Crippen LogP contribution >= 0.6 is 11.3 Å². The number of hydrogen-bond acceptors (Lipinski definition) is 4. The maximum absolute atomic E-state index is 12.4. The van der Waals surface area contributed by atoms with Gasteiger partial charge in [0, 0.05) is 29.0 Å². The highest BCUT2D eigenvalue weighted by atomic mass is 32.1. The van der Waals surface area contributed by atoms with Gasteiger partial charge in [0.25, 0.3) is 5.91 Å². The number of urea groups is 1. The summed E-state index contributed by atoms with van der Waals surface area (Å²) in [6.07, 6.45) is 0.857. The molecule has 0 saturated carbocycles. The fourth-order valence-electron chi connectivity index (χ4n) is 2.70. The summed E-state index contributed by atoms with van der Waals surface area (Å²) in [5.74, 6) is -0.333. The molecular weight excluding hydrogens is 310 g/mol. The van der Waals surface area contributed by atoms with E-state index in [2.05, 4.69) is 22.5 Å². The van der Waals surface area contributed by atoms with E-state index >= 15 is 0 Å². The standard InChI is InChI=1S/C17H19N3O2S/c1-2-20-9-8-13-14(11-23-15(13)10-20)16(21)19-17(22)18-12-6-4-3-5-7-12/h3-7,11H,2,8-10H2,1H3,(H2,18,19,21,22). The molecular formula is C17H19N3O2S. The Morgan fingerprint density at radius 3 is 2.78 bits per heavy atom. The normalized spacial score (nSPS) is 14.1. The minimum absolute atomic E-state index is 0.333. The van der Waals surface area contributed by atoms with Crippen molar-refractivity contribution in [3.8, 4) is 0 Å². The number of likely N-dealkylation sites (N-methyl/N-ethyl adjacent to an activating group) is 1. The highest BCUT2D eigenvalue weighted by Gasteiger charge is 2.23. The zero-order chi connectivity index (χ0) is 16.2. The summed E-state index contributed by atoms with van der Waals surface area (Å²) < 4.78 is 0. The minimum Gasteiger partial charge on any atom is -0.308 e. The molecule has 0 unspecified atom stereocenters. The summed E-state index contributed by atoms with van der Waals surface area (Å²) in [4.78, 5) is 27.9. The molecule has 6 heteroatoms. The lowest BCUT2D eigenvalue weighted by Gasteiger charge is -2.25. The number of fused-ring (bicyclic) bond motifs is 1. The first kappa shape index (κ1) is 15.7. The summed E-state index contributed by atoms with van der Waals surface area (Å²) in [5.41, 5.74) is 2.37. The molecule has 1 aromatic carbocycles. The first-order valence-electron chi connectivity index (χ1n) is 7.66. The van der Waals surface area contributed by atoms with Crippen molar-refractivity contribution < 1.29 is 9.59 Å². The zero-order valence-corrected chi connectivity index (χ0v) is 13.8. The third-order valence-electron chi connectivity index (χ3n) is 3.98. The molecule has 0 spiro atoms. The van der Waals surface area contributed by atoms with Crippen molar-refractivity contribution in [2.45, 2.75) is 19.9 Å². The van der Waals surface area contributed by atoms with Gasteiger partial charge in [-0.15, -0.1) is 11.3 Å². The van der Waals surface area contributed by atoms with Crippen LogP contribution in [0.3, 0.4) is 0 Å². The summed E-state index contributed by atoms with van der Waals surface area (Å²) in [7, 11) is 0. The highest BCUT2D eigenvalue weighted by Crippen LogP contribution is 2.28. The monoisotopic (exact) mass is 329 g/mol. The Morgan fingerprint density at radius 2 is 2.04 bits per heavy atom. The first-order valence-corrected chi connectivity index (χ1v) is 8.54. The van der Waals surface area contributed by atoms with Crippen LogP contribution in [-0.2, 0) is 13.0 Å². The molecule has 120 valence electrons. The second kappa shape index (κ2) is 6.93. The quantitative estimate of drug-likeness (QED) is 0.910. The van der Waals surface area contributed by atoms with Crippen molar-refractivity contribution in [3.63, 3.8) is 0 Å². The Balaban J connectivity index is 1.65. The fourth-order valence-corrected chi connectivity index (χ4v) is 3.82. The lowest BCUT2D eigenvalue weighted by atomic mass is 10.0. The number of nitrogens with one attached hydrogen (secondary N) is 2. The van der Waals surface area contributed by atoms with E-state index in [1.807, 2.05) is 23.6 Å². The number of hydrogen-bond donors (Lipinski definition) is 2. The summed E-state index contributed by atoms with van der Waals surface area (Å²) >= 11 is 1.60. The summed E-state index contributed by atoms with van der Waals surface area (Å²) in [5, 5.41) is 6.92. The first-order chi connectivity index (χ1) is 11.2. The molecule has 3 rings (SSSR count). The number of rotatable bonds is 3. The Labute approximate surface area is 139 Å². The van der Waals surface area contributed by atoms with Gasteiger partial charge in [-0.2, -0.15) is 0 Å². The number of carbonyl (C=O) groups excluding carboxylic acids is 2. The van der Waals surface area contributed by atoms with Gasteiger partial charge in [-0.3, -0.25) is 15.0 Å². The maximum Gasteiger partial charge on any atom is 0.326 e. The van der Waals surface area contributed by atoms with Gasteiger partial charge < -0.3 is 5.32 Å². The van der Waals surface area contributed by atoms with E-state index in [4.69, 9.17) is 0 Å². The van der Waals surface area contributed by atoms with Gasteiger partial charge in [-0.1, -0.05) is 25.1 Å². The largest absolute Gasteiger partial charge is 0.326 e. The smallest absolute Gasteiger partial charge is 0.308 e. The molecule has 0 aliphatic carbocycles. The lowest BCUT2D eigenvalue weighted by molar-refractivity contribution is 0.0966. The number of thiophene rings is 1. The number of amides is 3. The van der Waals surface area contributed by atoms with Gasteiger partial charge in [-0.05, 0) is 30.7 Å². The number of anilines is 1. The van der Waals surface area contributed by atoms with E-state index in [1.165, 1.54) is 4.88 Å². The fraction of sp³-hybridized carbons (Fsp3) is 0.294. The number of nitrogens with zero attached hydrogens (tertiary/aromatic N) is 1. The molecule has 3 amide bonds. The predicted molar refractivity (Wildman–Crippen MR) is 91.9 cm³/mol. The average Bonchev–Trinajstić information content (AvgIpc) is 2.98. The molecule has 1 aliphatic heterocycles. The molecule has 0 bridgehead atoms. The van der Waals surface area contributed by atoms with Crippen LogP contribution in [0.4, 0.5) is 10.5 Å². The van der Waals surface area contributed by atoms with Crippen LogP contribution < -0.4 is 10.6 Å². The third-order valence-corrected chi connectivity index (χ3v) is 4.99. The van der Waals surface area contributed by atoms with E-state index < -0.39 is 6.03 Å². The minimum atomic E-state index is -0.507. The van der Waals surface area contributed by atoms with Gasteiger partial charge in [-0.25, -0.2) is 4.79 Å². The topological polar surface area (TPSA) is 61.4 Å². The second-order valence-electron chi connectivity index (χ2n) is 5.44. The van der Waals surface area contributed by atoms with Crippen molar-refractivity contribution in [3.05, 3.63) is 51.7 Å². The number of imide groups is 1. The zero-order valence-electron chi connectivity index (χ0n) is 13.0. The molecule has 23 heavy (non-hydrogen) atoms. The van der Waals surface area contributed by atoms with Crippen LogP contribution in [0.2, 0.25) is 0 Å². The molecule has 1 aromatic heterocycles. The Bertz CT molecular complexity index is 712. The van der Waals surface area contributed by atoms with Crippen LogP contribution in [0.1, 0.15) is 27.7 Å². The van der Waals surface area contributed by atoms with E-state index in [0.29, 0.717) is 11.3 Å². The van der Waals surface area contributed by atoms with Gasteiger partial charge in [0.1, 0.15) is 0 Å². The van der Waals surface area contributed by atoms with E-state index in [1.54, 1.807) is 23.5 Å². The molecule has 2 N–H and O–H groups in total. The molecule has 2 aromatic rings. The number of carbonyl (C=O) groups is 2. The van der Waals surface area contributed by atoms with Crippen LogP contribution in [0, 0.1) is 0 Å². The van der Waals surface area contributed by atoms with Gasteiger partial charge in [0.2, 0.25) is 0 Å². The Morgan fingerprint density at radius 1 is 1.26 bits per heavy atom. The number of para-hydroxylation sites is 1. The van der Waals surface area contributed by atoms with E-state index in [0.717, 1.165) is 31.6 Å². The van der Waals surface area contributed by atoms with Crippen molar-refractivity contribution in [2.75, 3.05) is 18.4 Å². The molecule has 0 fully saturated rings. The van der Waals surface area contributed by atoms with Gasteiger partial charge in [0.05, 0.1) is 5.56 Å². The molecule has 0 atom stereocenters. The SMILES string of the molecule is CCN1CCc2c(C(=O)NC(=O)Nc3ccccc3)csc2C1.